The quantitative estimate of drug-likeness (QED) is 0.729. The number of benzene rings is 2. The molecule has 0 bridgehead atoms. The molecular formula is C20H19N3OS. The van der Waals surface area contributed by atoms with Crippen LogP contribution in [0.1, 0.15) is 21.5 Å². The number of aryl methyl sites for hydroxylation is 1. The van der Waals surface area contributed by atoms with Crippen LogP contribution in [0.15, 0.2) is 76.7 Å². The van der Waals surface area contributed by atoms with Gasteiger partial charge in [-0.1, -0.05) is 42.1 Å². The number of anilines is 1. The molecule has 3 aromatic rings. The van der Waals surface area contributed by atoms with Gasteiger partial charge in [0.05, 0.1) is 5.56 Å². The van der Waals surface area contributed by atoms with E-state index in [-0.39, 0.29) is 11.7 Å². The standard InChI is InChI=1S/C20H19N3OS/c1-14-6-2-3-10-18(14)25-16-8-4-7-15(12-16)13-23-20(24)17-9-5-11-22-19(17)21/h2-12H,13H2,1H3,(H2,21,22)(H,23,24). The van der Waals surface area contributed by atoms with Gasteiger partial charge >= 0.3 is 0 Å². The highest BCUT2D eigenvalue weighted by Crippen LogP contribution is 2.30. The third kappa shape index (κ3) is 4.39. The number of nitrogens with two attached hydrogens (primary N) is 1. The van der Waals surface area contributed by atoms with E-state index in [4.69, 9.17) is 5.73 Å². The van der Waals surface area contributed by atoms with Gasteiger partial charge in [-0.15, -0.1) is 0 Å². The largest absolute Gasteiger partial charge is 0.383 e. The zero-order valence-electron chi connectivity index (χ0n) is 13.9. The van der Waals surface area contributed by atoms with Crippen molar-refractivity contribution in [3.05, 3.63) is 83.6 Å². The summed E-state index contributed by atoms with van der Waals surface area (Å²) in [7, 11) is 0. The average molecular weight is 349 g/mol. The van der Waals surface area contributed by atoms with Gasteiger partial charge in [-0.3, -0.25) is 4.79 Å². The molecule has 4 nitrogen and oxygen atoms in total. The highest BCUT2D eigenvalue weighted by Gasteiger charge is 2.09. The van der Waals surface area contributed by atoms with Crippen molar-refractivity contribution in [1.29, 1.82) is 0 Å². The molecule has 0 fully saturated rings. The van der Waals surface area contributed by atoms with Gasteiger partial charge < -0.3 is 11.1 Å². The second-order valence-electron chi connectivity index (χ2n) is 5.63. The van der Waals surface area contributed by atoms with Gasteiger partial charge in [0, 0.05) is 22.5 Å². The van der Waals surface area contributed by atoms with E-state index in [0.29, 0.717) is 12.1 Å². The Morgan fingerprint density at radius 2 is 1.96 bits per heavy atom. The van der Waals surface area contributed by atoms with E-state index < -0.39 is 0 Å². The van der Waals surface area contributed by atoms with E-state index >= 15 is 0 Å². The minimum Gasteiger partial charge on any atom is -0.383 e. The van der Waals surface area contributed by atoms with Crippen molar-refractivity contribution in [3.8, 4) is 0 Å². The fourth-order valence-corrected chi connectivity index (χ4v) is 3.39. The lowest BCUT2D eigenvalue weighted by Crippen LogP contribution is -2.24. The number of hydrogen-bond acceptors (Lipinski definition) is 4. The van der Waals surface area contributed by atoms with Crippen molar-refractivity contribution in [3.63, 3.8) is 0 Å². The van der Waals surface area contributed by atoms with Crippen LogP contribution in [0.25, 0.3) is 0 Å². The first-order chi connectivity index (χ1) is 12.1. The summed E-state index contributed by atoms with van der Waals surface area (Å²) in [5.41, 5.74) is 8.42. The zero-order chi connectivity index (χ0) is 17.6. The summed E-state index contributed by atoms with van der Waals surface area (Å²) in [5, 5.41) is 2.89. The first kappa shape index (κ1) is 17.0. The maximum absolute atomic E-state index is 12.2. The molecule has 0 unspecified atom stereocenters. The Bertz CT molecular complexity index is 895. The molecule has 0 aliphatic carbocycles. The van der Waals surface area contributed by atoms with Gasteiger partial charge in [-0.2, -0.15) is 0 Å². The van der Waals surface area contributed by atoms with Gasteiger partial charge in [-0.05, 0) is 48.4 Å². The highest BCUT2D eigenvalue weighted by molar-refractivity contribution is 7.99. The van der Waals surface area contributed by atoms with Crippen LogP contribution < -0.4 is 11.1 Å². The van der Waals surface area contributed by atoms with E-state index in [1.54, 1.807) is 30.1 Å². The molecule has 2 aromatic carbocycles. The maximum atomic E-state index is 12.2. The summed E-state index contributed by atoms with van der Waals surface area (Å²) in [4.78, 5) is 18.5. The maximum Gasteiger partial charge on any atom is 0.255 e. The van der Waals surface area contributed by atoms with Crippen LogP contribution in [0.4, 0.5) is 5.82 Å². The first-order valence-electron chi connectivity index (χ1n) is 7.94. The number of hydrogen-bond donors (Lipinski definition) is 2. The van der Waals surface area contributed by atoms with Crippen LogP contribution in [-0.2, 0) is 6.54 Å². The molecular weight excluding hydrogens is 330 g/mol. The van der Waals surface area contributed by atoms with Crippen molar-refractivity contribution < 1.29 is 4.79 Å². The number of nitrogen functional groups attached to an aromatic ring is 1. The molecule has 0 saturated heterocycles. The number of nitrogens with zero attached hydrogens (tertiary/aromatic N) is 1. The topological polar surface area (TPSA) is 68.0 Å². The van der Waals surface area contributed by atoms with Crippen molar-refractivity contribution >= 4 is 23.5 Å². The zero-order valence-corrected chi connectivity index (χ0v) is 14.7. The molecule has 25 heavy (non-hydrogen) atoms. The number of carbonyl (C=O) groups is 1. The Morgan fingerprint density at radius 3 is 2.76 bits per heavy atom. The molecule has 0 aliphatic rings. The van der Waals surface area contributed by atoms with E-state index in [0.717, 1.165) is 10.5 Å². The van der Waals surface area contributed by atoms with Gasteiger partial charge in [0.15, 0.2) is 0 Å². The number of aromatic nitrogens is 1. The summed E-state index contributed by atoms with van der Waals surface area (Å²) in [6.07, 6.45) is 1.57. The van der Waals surface area contributed by atoms with E-state index in [1.165, 1.54) is 10.5 Å². The average Bonchev–Trinajstić information content (AvgIpc) is 2.62. The first-order valence-corrected chi connectivity index (χ1v) is 8.76. The van der Waals surface area contributed by atoms with Crippen LogP contribution in [-0.4, -0.2) is 10.9 Å². The summed E-state index contributed by atoms with van der Waals surface area (Å²) < 4.78 is 0. The summed E-state index contributed by atoms with van der Waals surface area (Å²) in [6.45, 7) is 2.54. The SMILES string of the molecule is Cc1ccccc1Sc1cccc(CNC(=O)c2cccnc2N)c1. The Kier molecular flexibility index (Phi) is 5.36. The van der Waals surface area contributed by atoms with Crippen LogP contribution in [0, 0.1) is 6.92 Å². The minimum atomic E-state index is -0.220. The molecule has 5 heteroatoms. The van der Waals surface area contributed by atoms with Gasteiger partial charge in [0.2, 0.25) is 0 Å². The molecule has 0 aliphatic heterocycles. The highest BCUT2D eigenvalue weighted by atomic mass is 32.2. The van der Waals surface area contributed by atoms with Crippen LogP contribution in [0.5, 0.6) is 0 Å². The molecule has 1 heterocycles. The summed E-state index contributed by atoms with van der Waals surface area (Å²) in [6, 6.07) is 19.8. The summed E-state index contributed by atoms with van der Waals surface area (Å²) in [5.74, 6) is 0.0198. The molecule has 0 spiro atoms. The minimum absolute atomic E-state index is 0.220. The summed E-state index contributed by atoms with van der Waals surface area (Å²) >= 11 is 1.72. The Morgan fingerprint density at radius 1 is 1.12 bits per heavy atom. The fraction of sp³-hybridized carbons (Fsp3) is 0.100. The lowest BCUT2D eigenvalue weighted by Gasteiger charge is -2.09. The number of carbonyl (C=O) groups excluding carboxylic acids is 1. The smallest absolute Gasteiger partial charge is 0.255 e. The van der Waals surface area contributed by atoms with Crippen molar-refractivity contribution in [2.45, 2.75) is 23.3 Å². The molecule has 3 rings (SSSR count). The van der Waals surface area contributed by atoms with Crippen molar-refractivity contribution in [2.75, 3.05) is 5.73 Å². The Hall–Kier alpha value is -2.79. The van der Waals surface area contributed by atoms with Crippen molar-refractivity contribution in [1.82, 2.24) is 10.3 Å². The number of rotatable bonds is 5. The predicted molar refractivity (Wildman–Crippen MR) is 102 cm³/mol. The molecule has 0 saturated carbocycles. The molecule has 0 radical (unpaired) electrons. The van der Waals surface area contributed by atoms with E-state index in [1.807, 2.05) is 24.3 Å². The molecule has 0 atom stereocenters. The van der Waals surface area contributed by atoms with E-state index in [9.17, 15) is 4.79 Å². The van der Waals surface area contributed by atoms with E-state index in [2.05, 4.69) is 41.5 Å². The fourth-order valence-electron chi connectivity index (χ4n) is 2.40. The Labute approximate surface area is 151 Å². The molecule has 1 amide bonds. The van der Waals surface area contributed by atoms with Crippen LogP contribution >= 0.6 is 11.8 Å². The third-order valence-corrected chi connectivity index (χ3v) is 4.92. The lowest BCUT2D eigenvalue weighted by molar-refractivity contribution is 0.0951. The van der Waals surface area contributed by atoms with Crippen LogP contribution in [0.2, 0.25) is 0 Å². The molecule has 126 valence electrons. The molecule has 3 N–H and O–H groups in total. The van der Waals surface area contributed by atoms with Gasteiger partial charge in [-0.25, -0.2) is 4.98 Å². The monoisotopic (exact) mass is 349 g/mol. The van der Waals surface area contributed by atoms with Gasteiger partial charge in [0.1, 0.15) is 5.82 Å². The number of nitrogens with one attached hydrogen (secondary N) is 1. The lowest BCUT2D eigenvalue weighted by atomic mass is 10.2. The molecule has 1 aromatic heterocycles. The van der Waals surface area contributed by atoms with Crippen molar-refractivity contribution in [2.24, 2.45) is 0 Å². The number of amides is 1. The number of pyridine rings is 1. The second-order valence-corrected chi connectivity index (χ2v) is 6.75. The van der Waals surface area contributed by atoms with Crippen LogP contribution in [0.3, 0.4) is 0 Å². The second kappa shape index (κ2) is 7.85. The predicted octanol–water partition coefficient (Wildman–Crippen LogP) is 4.05. The third-order valence-electron chi connectivity index (χ3n) is 3.76. The normalized spacial score (nSPS) is 10.4. The Balaban J connectivity index is 1.67. The van der Waals surface area contributed by atoms with Gasteiger partial charge in [0.25, 0.3) is 5.91 Å².